The van der Waals surface area contributed by atoms with Crippen molar-refractivity contribution in [3.63, 3.8) is 0 Å². The summed E-state index contributed by atoms with van der Waals surface area (Å²) in [5.74, 6) is -0.448. The summed E-state index contributed by atoms with van der Waals surface area (Å²) in [6.07, 6.45) is -1.39. The van der Waals surface area contributed by atoms with Crippen LogP contribution in [0.25, 0.3) is 0 Å². The minimum Gasteiger partial charge on any atom is -0.508 e. The van der Waals surface area contributed by atoms with Crippen LogP contribution in [0.2, 0.25) is 0 Å². The minimum absolute atomic E-state index is 0.0973. The third-order valence-corrected chi connectivity index (χ3v) is 1.96. The molecule has 1 unspecified atom stereocenters. The molecule has 76 valence electrons. The molecule has 0 heterocycles. The molecule has 0 aromatic heterocycles. The van der Waals surface area contributed by atoms with Crippen LogP contribution in [0.4, 0.5) is 0 Å². The Kier molecular flexibility index (Phi) is 3.22. The zero-order chi connectivity index (χ0) is 10.7. The molecule has 4 nitrogen and oxygen atoms in total. The number of phenols is 1. The number of aryl methyl sites for hydroxylation is 1. The van der Waals surface area contributed by atoms with E-state index in [0.29, 0.717) is 5.56 Å². The van der Waals surface area contributed by atoms with Crippen LogP contribution in [0.1, 0.15) is 15.9 Å². The highest BCUT2D eigenvalue weighted by atomic mass is 16.3. The number of rotatable bonds is 3. The molecule has 0 fully saturated rings. The van der Waals surface area contributed by atoms with Gasteiger partial charge in [0.05, 0.1) is 6.61 Å². The van der Waals surface area contributed by atoms with Gasteiger partial charge in [-0.15, -0.1) is 0 Å². The number of aliphatic hydroxyl groups is 2. The molecule has 0 spiro atoms. The van der Waals surface area contributed by atoms with Gasteiger partial charge in [0.2, 0.25) is 0 Å². The lowest BCUT2D eigenvalue weighted by molar-refractivity contribution is 0.0587. The van der Waals surface area contributed by atoms with Crippen LogP contribution in [-0.2, 0) is 0 Å². The molecule has 0 bridgehead atoms. The standard InChI is InChI=1S/C10H12O4/c1-6-4-7(2-3-8(6)12)10(14)9(13)5-11/h2-4,9,11-13H,5H2,1H3. The third-order valence-electron chi connectivity index (χ3n) is 1.96. The SMILES string of the molecule is Cc1cc(C(=O)C(O)CO)ccc1O. The number of carbonyl (C=O) groups is 1. The van der Waals surface area contributed by atoms with Crippen LogP contribution in [0.5, 0.6) is 5.75 Å². The highest BCUT2D eigenvalue weighted by molar-refractivity contribution is 5.99. The predicted molar refractivity (Wildman–Crippen MR) is 50.3 cm³/mol. The van der Waals surface area contributed by atoms with E-state index in [1.54, 1.807) is 6.92 Å². The van der Waals surface area contributed by atoms with E-state index in [0.717, 1.165) is 0 Å². The monoisotopic (exact) mass is 196 g/mol. The Bertz CT molecular complexity index is 346. The van der Waals surface area contributed by atoms with E-state index in [-0.39, 0.29) is 11.3 Å². The van der Waals surface area contributed by atoms with Crippen LogP contribution in [0.15, 0.2) is 18.2 Å². The van der Waals surface area contributed by atoms with Gasteiger partial charge in [0.1, 0.15) is 11.9 Å². The van der Waals surface area contributed by atoms with Gasteiger partial charge in [0.15, 0.2) is 5.78 Å². The van der Waals surface area contributed by atoms with Gasteiger partial charge in [-0.25, -0.2) is 0 Å². The first-order valence-electron chi connectivity index (χ1n) is 4.19. The molecule has 3 N–H and O–H groups in total. The van der Waals surface area contributed by atoms with Crippen molar-refractivity contribution in [2.75, 3.05) is 6.61 Å². The first kappa shape index (κ1) is 10.7. The van der Waals surface area contributed by atoms with Crippen molar-refractivity contribution in [2.45, 2.75) is 13.0 Å². The summed E-state index contributed by atoms with van der Waals surface area (Å²) in [5.41, 5.74) is 0.836. The Hall–Kier alpha value is -1.39. The molecule has 0 aliphatic carbocycles. The number of aromatic hydroxyl groups is 1. The molecular weight excluding hydrogens is 184 g/mol. The van der Waals surface area contributed by atoms with Crippen molar-refractivity contribution >= 4 is 5.78 Å². The topological polar surface area (TPSA) is 77.8 Å². The number of phenolic OH excluding ortho intramolecular Hbond substituents is 1. The third kappa shape index (κ3) is 2.10. The second kappa shape index (κ2) is 4.21. The number of hydrogen-bond acceptors (Lipinski definition) is 4. The molecular formula is C10H12O4. The summed E-state index contributed by atoms with van der Waals surface area (Å²) >= 11 is 0. The largest absolute Gasteiger partial charge is 0.508 e. The summed E-state index contributed by atoms with van der Waals surface area (Å²) in [7, 11) is 0. The molecule has 1 aromatic carbocycles. The Morgan fingerprint density at radius 3 is 2.64 bits per heavy atom. The Labute approximate surface area is 81.4 Å². The van der Waals surface area contributed by atoms with Crippen LogP contribution in [0, 0.1) is 6.92 Å². The van der Waals surface area contributed by atoms with Crippen LogP contribution < -0.4 is 0 Å². The minimum atomic E-state index is -1.39. The first-order chi connectivity index (χ1) is 6.56. The van der Waals surface area contributed by atoms with Crippen molar-refractivity contribution in [1.29, 1.82) is 0 Å². The summed E-state index contributed by atoms with van der Waals surface area (Å²) in [4.78, 5) is 11.3. The Morgan fingerprint density at radius 2 is 2.14 bits per heavy atom. The van der Waals surface area contributed by atoms with E-state index in [1.165, 1.54) is 18.2 Å². The fourth-order valence-electron chi connectivity index (χ4n) is 1.08. The van der Waals surface area contributed by atoms with E-state index < -0.39 is 18.5 Å². The van der Waals surface area contributed by atoms with E-state index in [4.69, 9.17) is 10.2 Å². The Morgan fingerprint density at radius 1 is 1.50 bits per heavy atom. The average molecular weight is 196 g/mol. The molecule has 4 heteroatoms. The summed E-state index contributed by atoms with van der Waals surface area (Å²) in [6.45, 7) is 1.05. The molecule has 14 heavy (non-hydrogen) atoms. The maximum atomic E-state index is 11.3. The molecule has 0 saturated heterocycles. The van der Waals surface area contributed by atoms with Crippen molar-refractivity contribution < 1.29 is 20.1 Å². The average Bonchev–Trinajstić information content (AvgIpc) is 2.20. The quantitative estimate of drug-likeness (QED) is 0.605. The van der Waals surface area contributed by atoms with Gasteiger partial charge < -0.3 is 15.3 Å². The second-order valence-corrected chi connectivity index (χ2v) is 3.06. The summed E-state index contributed by atoms with van der Waals surface area (Å²) in [5, 5.41) is 26.8. The lowest BCUT2D eigenvalue weighted by Gasteiger charge is -2.07. The number of Topliss-reactive ketones (excluding diaryl/α,β-unsaturated/α-hetero) is 1. The molecule has 1 rings (SSSR count). The van der Waals surface area contributed by atoms with E-state index in [9.17, 15) is 9.90 Å². The molecule has 0 radical (unpaired) electrons. The van der Waals surface area contributed by atoms with Gasteiger partial charge >= 0.3 is 0 Å². The lowest BCUT2D eigenvalue weighted by Crippen LogP contribution is -2.24. The van der Waals surface area contributed by atoms with Crippen LogP contribution in [0.3, 0.4) is 0 Å². The molecule has 1 atom stereocenters. The molecule has 0 amide bonds. The zero-order valence-electron chi connectivity index (χ0n) is 7.77. The van der Waals surface area contributed by atoms with E-state index in [2.05, 4.69) is 0 Å². The van der Waals surface area contributed by atoms with Crippen molar-refractivity contribution in [3.8, 4) is 5.75 Å². The highest BCUT2D eigenvalue weighted by Crippen LogP contribution is 2.17. The van der Waals surface area contributed by atoms with Crippen molar-refractivity contribution in [3.05, 3.63) is 29.3 Å². The molecule has 0 aliphatic rings. The van der Waals surface area contributed by atoms with Gasteiger partial charge in [-0.1, -0.05) is 0 Å². The Balaban J connectivity index is 2.97. The predicted octanol–water partition coefficient (Wildman–Crippen LogP) is 0.237. The van der Waals surface area contributed by atoms with E-state index >= 15 is 0 Å². The highest BCUT2D eigenvalue weighted by Gasteiger charge is 2.16. The number of carbonyl (C=O) groups excluding carboxylic acids is 1. The fourth-order valence-corrected chi connectivity index (χ4v) is 1.08. The van der Waals surface area contributed by atoms with Gasteiger partial charge in [-0.3, -0.25) is 4.79 Å². The fraction of sp³-hybridized carbons (Fsp3) is 0.300. The molecule has 0 aliphatic heterocycles. The van der Waals surface area contributed by atoms with Gasteiger partial charge in [0.25, 0.3) is 0 Å². The maximum absolute atomic E-state index is 11.3. The van der Waals surface area contributed by atoms with Crippen LogP contribution in [-0.4, -0.2) is 33.8 Å². The maximum Gasteiger partial charge on any atom is 0.193 e. The van der Waals surface area contributed by atoms with Gasteiger partial charge in [-0.05, 0) is 30.7 Å². The molecule has 1 aromatic rings. The van der Waals surface area contributed by atoms with Gasteiger partial charge in [0, 0.05) is 5.56 Å². The molecule has 0 saturated carbocycles. The zero-order valence-corrected chi connectivity index (χ0v) is 7.77. The van der Waals surface area contributed by atoms with Gasteiger partial charge in [-0.2, -0.15) is 0 Å². The lowest BCUT2D eigenvalue weighted by atomic mass is 10.0. The van der Waals surface area contributed by atoms with Crippen molar-refractivity contribution in [1.82, 2.24) is 0 Å². The van der Waals surface area contributed by atoms with Crippen LogP contribution >= 0.6 is 0 Å². The normalized spacial score (nSPS) is 12.5. The first-order valence-corrected chi connectivity index (χ1v) is 4.19. The number of aliphatic hydroxyl groups excluding tert-OH is 2. The second-order valence-electron chi connectivity index (χ2n) is 3.06. The van der Waals surface area contributed by atoms with E-state index in [1.807, 2.05) is 0 Å². The van der Waals surface area contributed by atoms with Crippen molar-refractivity contribution in [2.24, 2.45) is 0 Å². The number of hydrogen-bond donors (Lipinski definition) is 3. The summed E-state index contributed by atoms with van der Waals surface area (Å²) in [6, 6.07) is 4.26. The smallest absolute Gasteiger partial charge is 0.193 e. The summed E-state index contributed by atoms with van der Waals surface area (Å²) < 4.78 is 0. The number of benzene rings is 1. The number of ketones is 1.